The number of nitrogens with zero attached hydrogens (tertiary/aromatic N) is 3. The molecule has 9 nitrogen and oxygen atoms in total. The number of aromatic nitrogens is 1. The lowest BCUT2D eigenvalue weighted by molar-refractivity contribution is -0.117. The third-order valence-electron chi connectivity index (χ3n) is 4.04. The summed E-state index contributed by atoms with van der Waals surface area (Å²) in [5.41, 5.74) is 0.0557. The molecule has 176 valence electrons. The van der Waals surface area contributed by atoms with Crippen LogP contribution in [0.3, 0.4) is 0 Å². The molecule has 0 fully saturated rings. The van der Waals surface area contributed by atoms with E-state index in [1.807, 2.05) is 10.8 Å². The van der Waals surface area contributed by atoms with Gasteiger partial charge in [-0.3, -0.25) is 5.32 Å². The average molecular weight is 504 g/mol. The van der Waals surface area contributed by atoms with Gasteiger partial charge in [-0.05, 0) is 30.2 Å². The van der Waals surface area contributed by atoms with Crippen molar-refractivity contribution in [2.45, 2.75) is 24.4 Å². The topological polar surface area (TPSA) is 134 Å². The van der Waals surface area contributed by atoms with Crippen molar-refractivity contribution in [3.63, 3.8) is 0 Å². The summed E-state index contributed by atoms with van der Waals surface area (Å²) >= 11 is 5.90. The van der Waals surface area contributed by atoms with Gasteiger partial charge in [0.15, 0.2) is 15.7 Å². The predicted molar refractivity (Wildman–Crippen MR) is 113 cm³/mol. The predicted octanol–water partition coefficient (Wildman–Crippen LogP) is 4.08. The fraction of sp³-hybridized carbons (Fsp3) is 0.263. The number of carbonyl (C=O) groups is 2. The molecule has 0 bridgehead atoms. The van der Waals surface area contributed by atoms with E-state index in [4.69, 9.17) is 11.6 Å². The van der Waals surface area contributed by atoms with E-state index >= 15 is 0 Å². The van der Waals surface area contributed by atoms with Crippen LogP contribution in [0.15, 0.2) is 39.6 Å². The van der Waals surface area contributed by atoms with Gasteiger partial charge in [0.05, 0.1) is 23.1 Å². The summed E-state index contributed by atoms with van der Waals surface area (Å²) in [6, 6.07) is 6.86. The van der Waals surface area contributed by atoms with Crippen molar-refractivity contribution in [2.75, 3.05) is 19.0 Å². The van der Waals surface area contributed by atoms with Gasteiger partial charge in [-0.2, -0.15) is 18.4 Å². The van der Waals surface area contributed by atoms with Crippen LogP contribution in [0.4, 0.5) is 23.8 Å². The number of anilines is 1. The van der Waals surface area contributed by atoms with E-state index in [0.717, 1.165) is 19.2 Å². The van der Waals surface area contributed by atoms with Gasteiger partial charge < -0.3 is 4.74 Å². The number of hydrogen-bond donors (Lipinski definition) is 2. The number of methoxy groups -OCH3 is 1. The molecule has 1 aromatic heterocycles. The van der Waals surface area contributed by atoms with Gasteiger partial charge in [0.1, 0.15) is 17.8 Å². The number of carbonyl (C=O) groups excluding carboxylic acids is 2. The number of nitriles is 1. The molecule has 33 heavy (non-hydrogen) atoms. The molecular formula is C19H17ClF3N5O4S. The molecule has 0 aliphatic rings. The molecule has 14 heteroatoms. The van der Waals surface area contributed by atoms with Crippen molar-refractivity contribution in [1.29, 1.82) is 5.26 Å². The van der Waals surface area contributed by atoms with E-state index in [2.05, 4.69) is 19.4 Å². The minimum absolute atomic E-state index is 0.0364. The molecule has 0 aliphatic heterocycles. The second-order valence-corrected chi connectivity index (χ2v) is 8.61. The smallest absolute Gasteiger partial charge is 0.408 e. The molecular weight excluding hydrogens is 487 g/mol. The number of rotatable bonds is 6. The summed E-state index contributed by atoms with van der Waals surface area (Å²) in [4.78, 5) is 28.0. The van der Waals surface area contributed by atoms with Crippen molar-refractivity contribution in [3.05, 3.63) is 52.2 Å². The minimum Gasteiger partial charge on any atom is -0.465 e. The normalized spacial score (nSPS) is 12.8. The first kappa shape index (κ1) is 25.9. The van der Waals surface area contributed by atoms with Crippen LogP contribution in [0.5, 0.6) is 0 Å². The number of urea groups is 1. The molecule has 1 heterocycles. The van der Waals surface area contributed by atoms with Crippen molar-refractivity contribution in [1.82, 2.24) is 9.71 Å². The standard InChI is InChI=1S/C19H17ClF3N5O4S/c1-3-11-8-15(20)26-16(13(11)9-24)27-18(30)28-33(31,25-10-19(21,22)23)14-7-5-4-6-12(14)17(29)32-2/h4-8H,3,10H2,1-2H3,(H2,25,26,27,28,30,31). The van der Waals surface area contributed by atoms with Crippen LogP contribution in [-0.4, -0.2) is 41.0 Å². The van der Waals surface area contributed by atoms with Crippen molar-refractivity contribution in [2.24, 2.45) is 4.36 Å². The highest BCUT2D eigenvalue weighted by Gasteiger charge is 2.30. The first-order chi connectivity index (χ1) is 15.4. The first-order valence-corrected chi connectivity index (χ1v) is 11.0. The molecule has 0 saturated heterocycles. The number of hydrogen-bond acceptors (Lipinski definition) is 7. The number of amides is 2. The van der Waals surface area contributed by atoms with Crippen LogP contribution in [0.1, 0.15) is 28.4 Å². The van der Waals surface area contributed by atoms with Gasteiger partial charge in [-0.25, -0.2) is 27.9 Å². The Morgan fingerprint density at radius 1 is 1.33 bits per heavy atom. The highest BCUT2D eigenvalue weighted by Crippen LogP contribution is 2.24. The number of benzene rings is 1. The molecule has 2 N–H and O–H groups in total. The molecule has 1 atom stereocenters. The monoisotopic (exact) mass is 503 g/mol. The van der Waals surface area contributed by atoms with Crippen molar-refractivity contribution < 1.29 is 31.7 Å². The van der Waals surface area contributed by atoms with E-state index in [9.17, 15) is 32.2 Å². The molecule has 2 rings (SSSR count). The Labute approximate surface area is 192 Å². The zero-order valence-electron chi connectivity index (χ0n) is 17.2. The van der Waals surface area contributed by atoms with Gasteiger partial charge in [-0.1, -0.05) is 30.7 Å². The molecule has 0 saturated carbocycles. The number of nitrogens with one attached hydrogen (secondary N) is 2. The van der Waals surface area contributed by atoms with E-state index in [-0.39, 0.29) is 22.1 Å². The third-order valence-corrected chi connectivity index (χ3v) is 6.14. The Kier molecular flexibility index (Phi) is 8.23. The molecule has 1 unspecified atom stereocenters. The quantitative estimate of drug-likeness (QED) is 0.450. The first-order valence-electron chi connectivity index (χ1n) is 9.09. The Morgan fingerprint density at radius 3 is 2.58 bits per heavy atom. The van der Waals surface area contributed by atoms with Crippen LogP contribution in [0, 0.1) is 11.3 Å². The van der Waals surface area contributed by atoms with Crippen molar-refractivity contribution >= 4 is 39.3 Å². The van der Waals surface area contributed by atoms with Gasteiger partial charge in [0, 0.05) is 0 Å². The SMILES string of the molecule is CCc1cc(Cl)nc(NC(=O)NS(=O)(=NCC(F)(F)F)c2ccccc2C(=O)OC)c1C#N. The van der Waals surface area contributed by atoms with E-state index in [1.165, 1.54) is 18.2 Å². The zero-order valence-corrected chi connectivity index (χ0v) is 18.8. The summed E-state index contributed by atoms with van der Waals surface area (Å²) < 4.78 is 61.6. The lowest BCUT2D eigenvalue weighted by Gasteiger charge is -2.17. The molecule has 2 amide bonds. The number of ether oxygens (including phenoxy) is 1. The van der Waals surface area contributed by atoms with Gasteiger partial charge >= 0.3 is 18.2 Å². The maximum atomic E-state index is 13.5. The van der Waals surface area contributed by atoms with Crippen LogP contribution in [-0.2, 0) is 21.1 Å². The maximum absolute atomic E-state index is 13.5. The van der Waals surface area contributed by atoms with Crippen LogP contribution in [0.2, 0.25) is 5.15 Å². The summed E-state index contributed by atoms with van der Waals surface area (Å²) in [7, 11) is -3.33. The molecule has 0 spiro atoms. The fourth-order valence-electron chi connectivity index (χ4n) is 2.62. The maximum Gasteiger partial charge on any atom is 0.408 e. The van der Waals surface area contributed by atoms with E-state index < -0.39 is 39.5 Å². The molecule has 0 radical (unpaired) electrons. The lowest BCUT2D eigenvalue weighted by atomic mass is 10.1. The number of halogens is 4. The van der Waals surface area contributed by atoms with Crippen LogP contribution >= 0.6 is 11.6 Å². The minimum atomic E-state index is -4.85. The summed E-state index contributed by atoms with van der Waals surface area (Å²) in [5.74, 6) is -1.29. The zero-order chi connectivity index (χ0) is 24.8. The molecule has 0 aliphatic carbocycles. The summed E-state index contributed by atoms with van der Waals surface area (Å²) in [5, 5.41) is 11.5. The largest absolute Gasteiger partial charge is 0.465 e. The second kappa shape index (κ2) is 10.5. The highest BCUT2D eigenvalue weighted by atomic mass is 35.5. The van der Waals surface area contributed by atoms with E-state index in [0.29, 0.717) is 12.0 Å². The second-order valence-electron chi connectivity index (χ2n) is 6.27. The molecule has 1 aromatic carbocycles. The Morgan fingerprint density at radius 2 is 2.00 bits per heavy atom. The number of aryl methyl sites for hydroxylation is 1. The number of pyridine rings is 1. The highest BCUT2D eigenvalue weighted by molar-refractivity contribution is 7.92. The lowest BCUT2D eigenvalue weighted by Crippen LogP contribution is -2.36. The van der Waals surface area contributed by atoms with E-state index in [1.54, 1.807) is 6.92 Å². The van der Waals surface area contributed by atoms with Gasteiger partial charge in [-0.15, -0.1) is 0 Å². The summed E-state index contributed by atoms with van der Waals surface area (Å²) in [6.07, 6.45) is -4.48. The van der Waals surface area contributed by atoms with Gasteiger partial charge in [0.2, 0.25) is 0 Å². The van der Waals surface area contributed by atoms with Crippen molar-refractivity contribution in [3.8, 4) is 6.07 Å². The Balaban J connectivity index is 2.54. The summed E-state index contributed by atoms with van der Waals surface area (Å²) in [6.45, 7) is -0.149. The fourth-order valence-corrected chi connectivity index (χ4v) is 4.50. The van der Waals surface area contributed by atoms with Crippen LogP contribution < -0.4 is 10.0 Å². The van der Waals surface area contributed by atoms with Crippen LogP contribution in [0.25, 0.3) is 0 Å². The third kappa shape index (κ3) is 6.56. The average Bonchev–Trinajstić information content (AvgIpc) is 2.76. The van der Waals surface area contributed by atoms with Gasteiger partial charge in [0.25, 0.3) is 0 Å². The molecule has 2 aromatic rings. The number of alkyl halides is 3. The number of esters is 1. The Bertz CT molecular complexity index is 1240. The Hall–Kier alpha value is -3.37.